The molecule has 0 radical (unpaired) electrons. The van der Waals surface area contributed by atoms with Crippen LogP contribution < -0.4 is 5.32 Å². The highest BCUT2D eigenvalue weighted by atomic mass is 16.3. The van der Waals surface area contributed by atoms with Crippen LogP contribution in [-0.4, -0.2) is 43.6 Å². The quantitative estimate of drug-likeness (QED) is 0.757. The Balaban J connectivity index is 1.44. The fourth-order valence-corrected chi connectivity index (χ4v) is 3.31. The fraction of sp³-hybridized carbons (Fsp3) is 0.333. The molecule has 1 aliphatic heterocycles. The highest BCUT2D eigenvalue weighted by molar-refractivity contribution is 5.95. The van der Waals surface area contributed by atoms with Crippen LogP contribution in [0.3, 0.4) is 0 Å². The molecule has 1 atom stereocenters. The molecule has 1 fully saturated rings. The van der Waals surface area contributed by atoms with Crippen molar-refractivity contribution in [3.05, 3.63) is 54.2 Å². The molecular weight excluding hydrogens is 332 g/mol. The van der Waals surface area contributed by atoms with Gasteiger partial charge in [0.25, 0.3) is 0 Å². The van der Waals surface area contributed by atoms with Crippen LogP contribution in [0.5, 0.6) is 0 Å². The van der Waals surface area contributed by atoms with E-state index in [9.17, 15) is 4.79 Å². The number of hydrogen-bond acceptors (Lipinski definition) is 6. The summed E-state index contributed by atoms with van der Waals surface area (Å²) in [5, 5.41) is 14.1. The van der Waals surface area contributed by atoms with Crippen molar-refractivity contribution in [2.75, 3.05) is 11.9 Å². The van der Waals surface area contributed by atoms with Gasteiger partial charge in [-0.25, -0.2) is 4.68 Å². The lowest BCUT2D eigenvalue weighted by Crippen LogP contribution is -2.39. The Hall–Kier alpha value is -3.00. The number of likely N-dealkylation sites (tertiary alicyclic amines) is 1. The minimum Gasteiger partial charge on any atom is -0.465 e. The van der Waals surface area contributed by atoms with Crippen molar-refractivity contribution >= 4 is 11.6 Å². The molecule has 0 aliphatic carbocycles. The number of anilines is 1. The lowest BCUT2D eigenvalue weighted by molar-refractivity contribution is -0.120. The minimum atomic E-state index is -0.155. The number of nitrogens with zero attached hydrogens (tertiary/aromatic N) is 5. The Morgan fingerprint density at radius 1 is 1.35 bits per heavy atom. The number of aromatic nitrogens is 4. The average Bonchev–Trinajstić information content (AvgIpc) is 3.37. The molecule has 8 heteroatoms. The van der Waals surface area contributed by atoms with E-state index in [1.54, 1.807) is 4.68 Å². The third-order valence-electron chi connectivity index (χ3n) is 4.55. The van der Waals surface area contributed by atoms with Gasteiger partial charge in [-0.15, -0.1) is 5.10 Å². The zero-order valence-electron chi connectivity index (χ0n) is 14.5. The number of furan rings is 1. The van der Waals surface area contributed by atoms with Gasteiger partial charge in [-0.1, -0.05) is 6.07 Å². The van der Waals surface area contributed by atoms with E-state index in [2.05, 4.69) is 25.7 Å². The number of nitrogens with one attached hydrogen (secondary N) is 1. The molecule has 26 heavy (non-hydrogen) atoms. The van der Waals surface area contributed by atoms with Crippen molar-refractivity contribution in [1.29, 1.82) is 0 Å². The number of carbonyl (C=O) groups is 1. The van der Waals surface area contributed by atoms with Crippen molar-refractivity contribution in [3.8, 4) is 5.69 Å². The third-order valence-corrected chi connectivity index (χ3v) is 4.55. The van der Waals surface area contributed by atoms with E-state index in [0.717, 1.165) is 42.3 Å². The summed E-state index contributed by atoms with van der Waals surface area (Å²) in [6, 6.07) is 11.2. The van der Waals surface area contributed by atoms with E-state index in [4.69, 9.17) is 4.42 Å². The van der Waals surface area contributed by atoms with E-state index in [1.807, 2.05) is 43.3 Å². The van der Waals surface area contributed by atoms with Crippen molar-refractivity contribution in [1.82, 2.24) is 25.1 Å². The molecule has 1 aliphatic rings. The average molecular weight is 352 g/mol. The number of tetrazole rings is 1. The standard InChI is InChI=1S/C18H20N6O2/c1-13-7-8-16(26-13)11-23-9-3-6-17(23)18(25)20-14-4-2-5-15(10-14)24-12-19-21-22-24/h2,4-5,7-8,10,12,17H,3,6,9,11H2,1H3,(H,20,25)/t17-/m0/s1. The number of benzene rings is 1. The molecule has 1 amide bonds. The molecule has 0 spiro atoms. The van der Waals surface area contributed by atoms with Gasteiger partial charge in [0, 0.05) is 5.69 Å². The number of rotatable bonds is 5. The van der Waals surface area contributed by atoms with Gasteiger partial charge in [0.05, 0.1) is 18.3 Å². The first kappa shape index (κ1) is 16.5. The summed E-state index contributed by atoms with van der Waals surface area (Å²) in [4.78, 5) is 15.0. The minimum absolute atomic E-state index is 0.000330. The summed E-state index contributed by atoms with van der Waals surface area (Å²) in [6.45, 7) is 3.47. The van der Waals surface area contributed by atoms with Crippen LogP contribution in [0, 0.1) is 6.92 Å². The maximum Gasteiger partial charge on any atom is 0.241 e. The summed E-state index contributed by atoms with van der Waals surface area (Å²) in [6.07, 6.45) is 3.37. The van der Waals surface area contributed by atoms with Crippen LogP contribution >= 0.6 is 0 Å². The highest BCUT2D eigenvalue weighted by Gasteiger charge is 2.31. The second-order valence-corrected chi connectivity index (χ2v) is 6.43. The van der Waals surface area contributed by atoms with Crippen LogP contribution in [0.2, 0.25) is 0 Å². The second-order valence-electron chi connectivity index (χ2n) is 6.43. The molecule has 8 nitrogen and oxygen atoms in total. The maximum absolute atomic E-state index is 12.8. The highest BCUT2D eigenvalue weighted by Crippen LogP contribution is 2.23. The Kier molecular flexibility index (Phi) is 4.49. The lowest BCUT2D eigenvalue weighted by Gasteiger charge is -2.22. The van der Waals surface area contributed by atoms with E-state index >= 15 is 0 Å². The molecular formula is C18H20N6O2. The molecule has 1 saturated heterocycles. The van der Waals surface area contributed by atoms with Gasteiger partial charge in [0.1, 0.15) is 17.8 Å². The summed E-state index contributed by atoms with van der Waals surface area (Å²) in [5.41, 5.74) is 1.52. The van der Waals surface area contributed by atoms with E-state index in [-0.39, 0.29) is 11.9 Å². The Labute approximate surface area is 150 Å². The predicted molar refractivity (Wildman–Crippen MR) is 94.7 cm³/mol. The monoisotopic (exact) mass is 352 g/mol. The maximum atomic E-state index is 12.8. The third kappa shape index (κ3) is 3.50. The first-order valence-corrected chi connectivity index (χ1v) is 8.63. The van der Waals surface area contributed by atoms with Gasteiger partial charge in [0.2, 0.25) is 5.91 Å². The van der Waals surface area contributed by atoms with Crippen LogP contribution in [-0.2, 0) is 11.3 Å². The Bertz CT molecular complexity index is 889. The van der Waals surface area contributed by atoms with Crippen LogP contribution in [0.1, 0.15) is 24.4 Å². The number of aryl methyl sites for hydroxylation is 1. The van der Waals surface area contributed by atoms with Gasteiger partial charge >= 0.3 is 0 Å². The summed E-state index contributed by atoms with van der Waals surface area (Å²) >= 11 is 0. The topological polar surface area (TPSA) is 89.1 Å². The van der Waals surface area contributed by atoms with Gasteiger partial charge in [-0.2, -0.15) is 0 Å². The van der Waals surface area contributed by atoms with Crippen molar-refractivity contribution in [2.45, 2.75) is 32.4 Å². The fourth-order valence-electron chi connectivity index (χ4n) is 3.31. The van der Waals surface area contributed by atoms with E-state index < -0.39 is 0 Å². The molecule has 2 aromatic heterocycles. The molecule has 1 N–H and O–H groups in total. The van der Waals surface area contributed by atoms with Crippen LogP contribution in [0.15, 0.2) is 47.1 Å². The molecule has 0 unspecified atom stereocenters. The zero-order chi connectivity index (χ0) is 17.9. The van der Waals surface area contributed by atoms with Gasteiger partial charge in [-0.3, -0.25) is 9.69 Å². The van der Waals surface area contributed by atoms with Crippen molar-refractivity contribution in [2.24, 2.45) is 0 Å². The van der Waals surface area contributed by atoms with Gasteiger partial charge in [0.15, 0.2) is 0 Å². The number of amides is 1. The van der Waals surface area contributed by atoms with Gasteiger partial charge in [-0.05, 0) is 67.1 Å². The Morgan fingerprint density at radius 3 is 3.04 bits per heavy atom. The molecule has 3 heterocycles. The second kappa shape index (κ2) is 7.09. The molecule has 4 rings (SSSR count). The normalized spacial score (nSPS) is 17.5. The molecule has 0 bridgehead atoms. The lowest BCUT2D eigenvalue weighted by atomic mass is 10.2. The van der Waals surface area contributed by atoms with E-state index in [0.29, 0.717) is 6.54 Å². The molecule has 134 valence electrons. The predicted octanol–water partition coefficient (Wildman–Crippen LogP) is 2.17. The SMILES string of the molecule is Cc1ccc(CN2CCC[C@H]2C(=O)Nc2cccc(-n3cnnn3)c2)o1. The van der Waals surface area contributed by atoms with Gasteiger partial charge < -0.3 is 9.73 Å². The van der Waals surface area contributed by atoms with Crippen molar-refractivity contribution < 1.29 is 9.21 Å². The largest absolute Gasteiger partial charge is 0.465 e. The molecule has 0 saturated carbocycles. The zero-order valence-corrected chi connectivity index (χ0v) is 14.5. The number of hydrogen-bond donors (Lipinski definition) is 1. The van der Waals surface area contributed by atoms with Crippen LogP contribution in [0.25, 0.3) is 5.69 Å². The first-order chi connectivity index (χ1) is 12.7. The smallest absolute Gasteiger partial charge is 0.241 e. The molecule has 3 aromatic rings. The van der Waals surface area contributed by atoms with E-state index in [1.165, 1.54) is 6.33 Å². The molecule has 1 aromatic carbocycles. The summed E-state index contributed by atoms with van der Waals surface area (Å²) in [5.74, 6) is 1.78. The van der Waals surface area contributed by atoms with Crippen LogP contribution in [0.4, 0.5) is 5.69 Å². The Morgan fingerprint density at radius 2 is 2.27 bits per heavy atom. The van der Waals surface area contributed by atoms with Crippen molar-refractivity contribution in [3.63, 3.8) is 0 Å². The summed E-state index contributed by atoms with van der Waals surface area (Å²) in [7, 11) is 0. The summed E-state index contributed by atoms with van der Waals surface area (Å²) < 4.78 is 7.21. The first-order valence-electron chi connectivity index (χ1n) is 8.63. The number of carbonyl (C=O) groups excluding carboxylic acids is 1.